The molecule has 120 valence electrons. The quantitative estimate of drug-likeness (QED) is 0.753. The number of aromatic nitrogens is 1. The average Bonchev–Trinajstić information content (AvgIpc) is 2.63. The molecule has 2 N–H and O–H groups in total. The maximum absolute atomic E-state index is 12.3. The fraction of sp³-hybridized carbons (Fsp3) is 0.0526. The number of para-hydroxylation sites is 1. The number of hydrogen-bond acceptors (Lipinski definition) is 3. The van der Waals surface area contributed by atoms with Crippen LogP contribution in [0.25, 0.3) is 0 Å². The highest BCUT2D eigenvalue weighted by atomic mass is 35.5. The van der Waals surface area contributed by atoms with Gasteiger partial charge < -0.3 is 10.4 Å². The van der Waals surface area contributed by atoms with Gasteiger partial charge >= 0.3 is 0 Å². The van der Waals surface area contributed by atoms with Crippen molar-refractivity contribution in [2.45, 2.75) is 6.10 Å². The van der Waals surface area contributed by atoms with Crippen molar-refractivity contribution >= 4 is 23.2 Å². The molecule has 1 atom stereocenters. The number of anilines is 1. The van der Waals surface area contributed by atoms with Crippen LogP contribution in [0, 0.1) is 0 Å². The van der Waals surface area contributed by atoms with Crippen molar-refractivity contribution in [1.29, 1.82) is 0 Å². The lowest BCUT2D eigenvalue weighted by Gasteiger charge is -2.12. The van der Waals surface area contributed by atoms with Crippen molar-refractivity contribution in [3.8, 4) is 0 Å². The summed E-state index contributed by atoms with van der Waals surface area (Å²) < 4.78 is 0. The van der Waals surface area contributed by atoms with E-state index in [2.05, 4.69) is 10.3 Å². The molecule has 0 aliphatic heterocycles. The van der Waals surface area contributed by atoms with Crippen LogP contribution in [0.4, 0.5) is 5.69 Å². The molecule has 0 aliphatic carbocycles. The van der Waals surface area contributed by atoms with E-state index in [9.17, 15) is 9.90 Å². The van der Waals surface area contributed by atoms with Crippen molar-refractivity contribution in [2.24, 2.45) is 0 Å². The molecular weight excluding hydrogens is 324 g/mol. The third kappa shape index (κ3) is 3.79. The molecule has 1 heterocycles. The van der Waals surface area contributed by atoms with E-state index in [4.69, 9.17) is 11.6 Å². The van der Waals surface area contributed by atoms with Crippen molar-refractivity contribution in [1.82, 2.24) is 4.98 Å². The molecule has 1 amide bonds. The maximum atomic E-state index is 12.3. The van der Waals surface area contributed by atoms with Gasteiger partial charge in [0.1, 0.15) is 6.10 Å². The summed E-state index contributed by atoms with van der Waals surface area (Å²) in [6.45, 7) is 0. The lowest BCUT2D eigenvalue weighted by Crippen LogP contribution is -2.13. The first-order chi connectivity index (χ1) is 11.6. The number of aliphatic hydroxyl groups is 1. The molecule has 0 saturated carbocycles. The Balaban J connectivity index is 1.80. The van der Waals surface area contributed by atoms with Crippen LogP contribution in [0.1, 0.15) is 27.7 Å². The van der Waals surface area contributed by atoms with Crippen LogP contribution >= 0.6 is 11.6 Å². The van der Waals surface area contributed by atoms with Gasteiger partial charge in [0, 0.05) is 22.5 Å². The van der Waals surface area contributed by atoms with E-state index in [0.29, 0.717) is 27.5 Å². The smallest absolute Gasteiger partial charge is 0.255 e. The predicted octanol–water partition coefficient (Wildman–Crippen LogP) is 4.07. The second kappa shape index (κ2) is 7.25. The van der Waals surface area contributed by atoms with E-state index in [1.54, 1.807) is 36.4 Å². The maximum Gasteiger partial charge on any atom is 0.255 e. The van der Waals surface area contributed by atoms with Gasteiger partial charge in [0.25, 0.3) is 5.91 Å². The largest absolute Gasteiger partial charge is 0.382 e. The topological polar surface area (TPSA) is 62.2 Å². The van der Waals surface area contributed by atoms with Gasteiger partial charge in [-0.3, -0.25) is 9.78 Å². The van der Waals surface area contributed by atoms with Crippen LogP contribution in [-0.4, -0.2) is 16.0 Å². The van der Waals surface area contributed by atoms with Crippen molar-refractivity contribution in [2.75, 3.05) is 5.32 Å². The molecule has 0 aliphatic rings. The fourth-order valence-corrected chi connectivity index (χ4v) is 2.41. The Morgan fingerprint density at radius 2 is 1.75 bits per heavy atom. The number of nitrogens with zero attached hydrogens (tertiary/aromatic N) is 1. The van der Waals surface area contributed by atoms with Gasteiger partial charge in [-0.1, -0.05) is 41.9 Å². The zero-order valence-corrected chi connectivity index (χ0v) is 13.4. The van der Waals surface area contributed by atoms with Gasteiger partial charge in [0.05, 0.1) is 5.69 Å². The summed E-state index contributed by atoms with van der Waals surface area (Å²) in [5.74, 6) is -0.256. The molecule has 0 spiro atoms. The molecule has 0 fully saturated rings. The monoisotopic (exact) mass is 338 g/mol. The number of aliphatic hydroxyl groups excluding tert-OH is 1. The van der Waals surface area contributed by atoms with Crippen molar-refractivity contribution in [3.05, 3.63) is 94.8 Å². The highest BCUT2D eigenvalue weighted by molar-refractivity contribution is 6.30. The molecule has 0 radical (unpaired) electrons. The van der Waals surface area contributed by atoms with Crippen LogP contribution in [-0.2, 0) is 0 Å². The molecular formula is C19H15ClN2O2. The summed E-state index contributed by atoms with van der Waals surface area (Å²) >= 11 is 5.86. The minimum atomic E-state index is -0.924. The number of nitrogens with one attached hydrogen (secondary N) is 1. The number of carbonyl (C=O) groups is 1. The molecule has 3 aromatic rings. The Kier molecular flexibility index (Phi) is 4.89. The summed E-state index contributed by atoms with van der Waals surface area (Å²) in [5, 5.41) is 13.8. The highest BCUT2D eigenvalue weighted by Crippen LogP contribution is 2.22. The molecule has 3 rings (SSSR count). The first kappa shape index (κ1) is 16.2. The summed E-state index contributed by atoms with van der Waals surface area (Å²) in [7, 11) is 0. The number of hydrogen-bond donors (Lipinski definition) is 2. The zero-order valence-electron chi connectivity index (χ0n) is 12.7. The second-order valence-corrected chi connectivity index (χ2v) is 5.68. The number of amides is 1. The molecule has 1 unspecified atom stereocenters. The third-order valence-electron chi connectivity index (χ3n) is 3.54. The van der Waals surface area contributed by atoms with Crippen LogP contribution in [0.2, 0.25) is 5.02 Å². The molecule has 4 nitrogen and oxygen atoms in total. The Labute approximate surface area is 144 Å². The van der Waals surface area contributed by atoms with Gasteiger partial charge in [-0.15, -0.1) is 0 Å². The second-order valence-electron chi connectivity index (χ2n) is 5.24. The molecule has 24 heavy (non-hydrogen) atoms. The summed E-state index contributed by atoms with van der Waals surface area (Å²) in [4.78, 5) is 16.5. The molecule has 2 aromatic carbocycles. The van der Waals surface area contributed by atoms with Gasteiger partial charge in [-0.25, -0.2) is 0 Å². The van der Waals surface area contributed by atoms with E-state index in [-0.39, 0.29) is 5.91 Å². The molecule has 0 bridgehead atoms. The predicted molar refractivity (Wildman–Crippen MR) is 94.1 cm³/mol. The van der Waals surface area contributed by atoms with Gasteiger partial charge in [-0.05, 0) is 42.0 Å². The number of halogens is 1. The first-order valence-electron chi connectivity index (χ1n) is 7.39. The lowest BCUT2D eigenvalue weighted by atomic mass is 10.0. The van der Waals surface area contributed by atoms with Gasteiger partial charge in [0.15, 0.2) is 0 Å². The van der Waals surface area contributed by atoms with Crippen LogP contribution < -0.4 is 5.32 Å². The number of benzene rings is 2. The minimum absolute atomic E-state index is 0.256. The standard InChI is InChI=1S/C19H15ClN2O2/c20-15-8-6-13(7-9-15)18(23)17-12-14(10-11-21-17)19(24)22-16-4-2-1-3-5-16/h1-12,18,23H,(H,22,24). The Bertz CT molecular complexity index is 836. The minimum Gasteiger partial charge on any atom is -0.382 e. The highest BCUT2D eigenvalue weighted by Gasteiger charge is 2.14. The van der Waals surface area contributed by atoms with Gasteiger partial charge in [-0.2, -0.15) is 0 Å². The van der Waals surface area contributed by atoms with Crippen molar-refractivity contribution in [3.63, 3.8) is 0 Å². The summed E-state index contributed by atoms with van der Waals surface area (Å²) in [6.07, 6.45) is 0.584. The summed E-state index contributed by atoms with van der Waals surface area (Å²) in [6, 6.07) is 19.2. The van der Waals surface area contributed by atoms with Crippen molar-refractivity contribution < 1.29 is 9.90 Å². The lowest BCUT2D eigenvalue weighted by molar-refractivity contribution is 0.102. The zero-order chi connectivity index (χ0) is 16.9. The van der Waals surface area contributed by atoms with Crippen LogP contribution in [0.5, 0.6) is 0 Å². The normalized spacial score (nSPS) is 11.8. The number of pyridine rings is 1. The average molecular weight is 339 g/mol. The van der Waals surface area contributed by atoms with Gasteiger partial charge in [0.2, 0.25) is 0 Å². The van der Waals surface area contributed by atoms with E-state index in [0.717, 1.165) is 0 Å². The number of carbonyl (C=O) groups excluding carboxylic acids is 1. The van der Waals surface area contributed by atoms with E-state index < -0.39 is 6.10 Å². The Hall–Kier alpha value is -2.69. The SMILES string of the molecule is O=C(Nc1ccccc1)c1ccnc(C(O)c2ccc(Cl)cc2)c1. The van der Waals surface area contributed by atoms with Crippen LogP contribution in [0.15, 0.2) is 72.9 Å². The fourth-order valence-electron chi connectivity index (χ4n) is 2.28. The van der Waals surface area contributed by atoms with E-state index in [1.165, 1.54) is 6.20 Å². The molecule has 0 saturated heterocycles. The number of rotatable bonds is 4. The Morgan fingerprint density at radius 1 is 1.04 bits per heavy atom. The first-order valence-corrected chi connectivity index (χ1v) is 7.77. The molecule has 1 aromatic heterocycles. The summed E-state index contributed by atoms with van der Waals surface area (Å²) in [5.41, 5.74) is 2.20. The van der Waals surface area contributed by atoms with E-state index >= 15 is 0 Å². The molecule has 5 heteroatoms. The Morgan fingerprint density at radius 3 is 2.46 bits per heavy atom. The third-order valence-corrected chi connectivity index (χ3v) is 3.79. The van der Waals surface area contributed by atoms with E-state index in [1.807, 2.05) is 30.3 Å². The van der Waals surface area contributed by atoms with Crippen LogP contribution in [0.3, 0.4) is 0 Å².